The van der Waals surface area contributed by atoms with Crippen LogP contribution >= 0.6 is 35.3 Å². The van der Waals surface area contributed by atoms with Crippen molar-refractivity contribution in [3.8, 4) is 0 Å². The highest BCUT2D eigenvalue weighted by atomic mass is 35.5. The van der Waals surface area contributed by atoms with Gasteiger partial charge in [0.1, 0.15) is 0 Å². The normalized spacial score (nSPS) is 11.0. The summed E-state index contributed by atoms with van der Waals surface area (Å²) in [6.07, 6.45) is 0. The van der Waals surface area contributed by atoms with Crippen molar-refractivity contribution in [3.63, 3.8) is 0 Å². The molecule has 1 amide bonds. The van der Waals surface area contributed by atoms with Crippen LogP contribution in [0, 0.1) is 20.8 Å². The fraction of sp³-hybridized carbons (Fsp3) is 0.391. The maximum absolute atomic E-state index is 13.6. The molecule has 0 aliphatic rings. The maximum Gasteiger partial charge on any atom is 0.260 e. The Morgan fingerprint density at radius 1 is 1.03 bits per heavy atom. The molecule has 162 valence electrons. The summed E-state index contributed by atoms with van der Waals surface area (Å²) in [5, 5.41) is 1.42. The van der Waals surface area contributed by atoms with Gasteiger partial charge in [0.15, 0.2) is 5.13 Å². The molecule has 0 aliphatic carbocycles. The molecule has 0 saturated carbocycles. The van der Waals surface area contributed by atoms with Crippen LogP contribution in [-0.4, -0.2) is 42.0 Å². The molecular formula is C23H29Cl2N3OS. The Bertz CT molecular complexity index is 1030. The molecule has 4 nitrogen and oxygen atoms in total. The second-order valence-electron chi connectivity index (χ2n) is 7.37. The maximum atomic E-state index is 13.6. The molecule has 3 rings (SSSR count). The molecule has 3 aromatic rings. The van der Waals surface area contributed by atoms with Gasteiger partial charge in [-0.2, -0.15) is 0 Å². The number of likely N-dealkylation sites (N-methyl/N-ethyl adjacent to an activating group) is 1. The summed E-state index contributed by atoms with van der Waals surface area (Å²) < 4.78 is 1.01. The van der Waals surface area contributed by atoms with Crippen molar-refractivity contribution in [1.82, 2.24) is 9.88 Å². The minimum atomic E-state index is 0. The summed E-state index contributed by atoms with van der Waals surface area (Å²) in [4.78, 5) is 22.6. The molecular weight excluding hydrogens is 437 g/mol. The van der Waals surface area contributed by atoms with E-state index < -0.39 is 0 Å². The molecule has 2 aromatic carbocycles. The Balaban J connectivity index is 0.00000320. The van der Waals surface area contributed by atoms with Gasteiger partial charge in [-0.25, -0.2) is 4.98 Å². The van der Waals surface area contributed by atoms with Gasteiger partial charge in [0.05, 0.1) is 10.2 Å². The van der Waals surface area contributed by atoms with Crippen molar-refractivity contribution in [3.05, 3.63) is 57.6 Å². The van der Waals surface area contributed by atoms with Gasteiger partial charge in [0.25, 0.3) is 5.91 Å². The van der Waals surface area contributed by atoms with Gasteiger partial charge in [-0.1, -0.05) is 54.5 Å². The van der Waals surface area contributed by atoms with Crippen molar-refractivity contribution >= 4 is 56.6 Å². The van der Waals surface area contributed by atoms with E-state index in [2.05, 4.69) is 18.7 Å². The van der Waals surface area contributed by atoms with Crippen molar-refractivity contribution in [2.24, 2.45) is 0 Å². The van der Waals surface area contributed by atoms with E-state index in [1.54, 1.807) is 0 Å². The summed E-state index contributed by atoms with van der Waals surface area (Å²) in [6, 6.07) is 9.86. The molecule has 30 heavy (non-hydrogen) atoms. The second-order valence-corrected chi connectivity index (χ2v) is 8.81. The Kier molecular flexibility index (Phi) is 8.68. The third-order valence-corrected chi connectivity index (χ3v) is 6.52. The van der Waals surface area contributed by atoms with Gasteiger partial charge < -0.3 is 4.90 Å². The van der Waals surface area contributed by atoms with Crippen molar-refractivity contribution in [2.45, 2.75) is 34.6 Å². The lowest BCUT2D eigenvalue weighted by Crippen LogP contribution is -2.39. The van der Waals surface area contributed by atoms with Crippen LogP contribution in [0.1, 0.15) is 40.9 Å². The van der Waals surface area contributed by atoms with Crippen LogP contribution in [0.2, 0.25) is 5.02 Å². The lowest BCUT2D eigenvalue weighted by atomic mass is 10.0. The van der Waals surface area contributed by atoms with Gasteiger partial charge >= 0.3 is 0 Å². The molecule has 1 aromatic heterocycles. The first-order valence-electron chi connectivity index (χ1n) is 10.0. The summed E-state index contributed by atoms with van der Waals surface area (Å²) in [5.74, 6) is 0.00108. The third-order valence-electron chi connectivity index (χ3n) is 5.27. The molecule has 0 fully saturated rings. The second kappa shape index (κ2) is 10.6. The fourth-order valence-corrected chi connectivity index (χ4v) is 4.88. The number of carbonyl (C=O) groups excluding carboxylic acids is 1. The number of halogens is 2. The summed E-state index contributed by atoms with van der Waals surface area (Å²) in [6.45, 7) is 13.6. The Morgan fingerprint density at radius 3 is 2.40 bits per heavy atom. The van der Waals surface area contributed by atoms with Crippen LogP contribution in [0.5, 0.6) is 0 Å². The van der Waals surface area contributed by atoms with E-state index in [4.69, 9.17) is 16.6 Å². The van der Waals surface area contributed by atoms with Gasteiger partial charge in [-0.05, 0) is 63.2 Å². The van der Waals surface area contributed by atoms with E-state index in [1.807, 2.05) is 56.0 Å². The lowest BCUT2D eigenvalue weighted by molar-refractivity contribution is 0.0983. The Morgan fingerprint density at radius 2 is 1.73 bits per heavy atom. The first-order chi connectivity index (χ1) is 13.8. The monoisotopic (exact) mass is 465 g/mol. The number of nitrogens with zero attached hydrogens (tertiary/aromatic N) is 3. The summed E-state index contributed by atoms with van der Waals surface area (Å²) in [7, 11) is 0. The average molecular weight is 466 g/mol. The zero-order valence-corrected chi connectivity index (χ0v) is 20.5. The topological polar surface area (TPSA) is 36.4 Å². The molecule has 0 N–H and O–H groups in total. The van der Waals surface area contributed by atoms with Gasteiger partial charge in [0.2, 0.25) is 0 Å². The highest BCUT2D eigenvalue weighted by molar-refractivity contribution is 7.22. The van der Waals surface area contributed by atoms with E-state index in [0.29, 0.717) is 11.6 Å². The highest BCUT2D eigenvalue weighted by Crippen LogP contribution is 2.34. The number of aromatic nitrogens is 1. The van der Waals surface area contributed by atoms with E-state index in [9.17, 15) is 4.79 Å². The van der Waals surface area contributed by atoms with Crippen LogP contribution in [0.4, 0.5) is 5.13 Å². The molecule has 0 saturated heterocycles. The first kappa shape index (κ1) is 24.6. The minimum absolute atomic E-state index is 0. The number of benzene rings is 2. The molecule has 7 heteroatoms. The van der Waals surface area contributed by atoms with Crippen LogP contribution in [-0.2, 0) is 0 Å². The lowest BCUT2D eigenvalue weighted by Gasteiger charge is -2.25. The van der Waals surface area contributed by atoms with Crippen molar-refractivity contribution in [2.75, 3.05) is 31.1 Å². The molecule has 0 spiro atoms. The van der Waals surface area contributed by atoms with Crippen LogP contribution in [0.25, 0.3) is 10.2 Å². The summed E-state index contributed by atoms with van der Waals surface area (Å²) in [5.41, 5.74) is 4.73. The number of anilines is 1. The third kappa shape index (κ3) is 5.33. The highest BCUT2D eigenvalue weighted by Gasteiger charge is 2.23. The molecule has 0 aliphatic heterocycles. The zero-order chi connectivity index (χ0) is 21.1. The van der Waals surface area contributed by atoms with E-state index in [-0.39, 0.29) is 18.3 Å². The predicted octanol–water partition coefficient (Wildman–Crippen LogP) is 6.29. The van der Waals surface area contributed by atoms with Gasteiger partial charge in [-0.3, -0.25) is 9.69 Å². The SMILES string of the molecule is CCN(CC)CCN(C(=O)c1cc(C)ccc1C)c1nc2c(C)cc(Cl)cc2s1.Cl. The molecule has 0 radical (unpaired) electrons. The van der Waals surface area contributed by atoms with E-state index >= 15 is 0 Å². The molecule has 0 atom stereocenters. The Hall–Kier alpha value is -1.66. The predicted molar refractivity (Wildman–Crippen MR) is 132 cm³/mol. The number of thiazole rings is 1. The number of hydrogen-bond donors (Lipinski definition) is 0. The smallest absolute Gasteiger partial charge is 0.260 e. The molecule has 0 bridgehead atoms. The van der Waals surface area contributed by atoms with Crippen LogP contribution in [0.3, 0.4) is 0 Å². The fourth-order valence-electron chi connectivity index (χ4n) is 3.44. The van der Waals surface area contributed by atoms with Crippen molar-refractivity contribution in [1.29, 1.82) is 0 Å². The number of aryl methyl sites for hydroxylation is 3. The zero-order valence-electron chi connectivity index (χ0n) is 18.2. The van der Waals surface area contributed by atoms with Crippen LogP contribution < -0.4 is 4.90 Å². The number of hydrogen-bond acceptors (Lipinski definition) is 4. The Labute approximate surface area is 194 Å². The van der Waals surface area contributed by atoms with Gasteiger partial charge in [-0.15, -0.1) is 12.4 Å². The summed E-state index contributed by atoms with van der Waals surface area (Å²) >= 11 is 7.77. The largest absolute Gasteiger partial charge is 0.302 e. The molecule has 0 unspecified atom stereocenters. The quantitative estimate of drug-likeness (QED) is 0.411. The van der Waals surface area contributed by atoms with Crippen LogP contribution in [0.15, 0.2) is 30.3 Å². The molecule has 1 heterocycles. The number of rotatable bonds is 7. The number of fused-ring (bicyclic) bond motifs is 1. The van der Waals surface area contributed by atoms with E-state index in [1.165, 1.54) is 11.3 Å². The van der Waals surface area contributed by atoms with E-state index in [0.717, 1.165) is 57.2 Å². The van der Waals surface area contributed by atoms with Crippen molar-refractivity contribution < 1.29 is 4.79 Å². The first-order valence-corrected chi connectivity index (χ1v) is 11.2. The standard InChI is InChI=1S/C23H28ClN3OS.ClH/c1-6-26(7-2)10-11-27(22(28)19-12-15(3)8-9-16(19)4)23-25-21-17(5)13-18(24)14-20(21)29-23;/h8-9,12-14H,6-7,10-11H2,1-5H3;1H. The number of amides is 1. The average Bonchev–Trinajstić information content (AvgIpc) is 3.10. The number of carbonyl (C=O) groups is 1. The van der Waals surface area contributed by atoms with Gasteiger partial charge in [0, 0.05) is 23.7 Å². The minimum Gasteiger partial charge on any atom is -0.302 e.